The first-order chi connectivity index (χ1) is 23.7. The van der Waals surface area contributed by atoms with Gasteiger partial charge in [-0.1, -0.05) is 59.1 Å². The topological polar surface area (TPSA) is 85.9 Å². The quantitative estimate of drug-likeness (QED) is 0.0909. The lowest BCUT2D eigenvalue weighted by molar-refractivity contribution is -0.159. The third-order valence-corrected chi connectivity index (χ3v) is 9.29. The molecule has 0 aromatic heterocycles. The summed E-state index contributed by atoms with van der Waals surface area (Å²) in [6.45, 7) is 8.03. The zero-order valence-corrected chi connectivity index (χ0v) is 33.2. The Hall–Kier alpha value is -3.02. The summed E-state index contributed by atoms with van der Waals surface area (Å²) in [7, 11) is 0. The van der Waals surface area contributed by atoms with Crippen molar-refractivity contribution in [2.75, 3.05) is 10.6 Å². The fraction of sp³-hybridized carbons (Fsp3) is 0.297. The highest BCUT2D eigenvalue weighted by Gasteiger charge is 2.18. The zero-order valence-electron chi connectivity index (χ0n) is 27.8. The monoisotopic (exact) mass is 870 g/mol. The summed E-state index contributed by atoms with van der Waals surface area (Å²) in [5.74, 6) is -1.06. The van der Waals surface area contributed by atoms with Crippen LogP contribution >= 0.6 is 66.7 Å². The maximum Gasteiger partial charge on any atom is 0.317 e. The van der Waals surface area contributed by atoms with Crippen molar-refractivity contribution >= 4 is 90.0 Å². The van der Waals surface area contributed by atoms with Crippen LogP contribution in [0.25, 0.3) is 0 Å². The standard InChI is InChI=1S/C37H36Br2Cl3FN2O5/c1-20(2)44-30-9-5-7-24(34(30)42)18-49-37-28(40)15-22(16-29(37)41)11-12-32(46)50-33(47)17-23-13-26(38)36(27(39)14-23)48-19-25-8-6-10-31(35(25)43)45-21(3)4/h5-10,13-16,20-21,44-45H,11-12,17-19H2,1-4H3. The van der Waals surface area contributed by atoms with E-state index in [1.54, 1.807) is 42.5 Å². The molecule has 0 aliphatic carbocycles. The minimum atomic E-state index is -0.717. The van der Waals surface area contributed by atoms with Gasteiger partial charge in [0.1, 0.15) is 19.0 Å². The first-order valence-corrected chi connectivity index (χ1v) is 18.5. The molecule has 50 heavy (non-hydrogen) atoms. The molecule has 7 nitrogen and oxygen atoms in total. The zero-order chi connectivity index (χ0) is 36.5. The first-order valence-electron chi connectivity index (χ1n) is 15.7. The van der Waals surface area contributed by atoms with Gasteiger partial charge in [0.25, 0.3) is 0 Å². The van der Waals surface area contributed by atoms with Gasteiger partial charge < -0.3 is 24.8 Å². The molecule has 0 saturated heterocycles. The minimum Gasteiger partial charge on any atom is -0.486 e. The van der Waals surface area contributed by atoms with Gasteiger partial charge in [-0.15, -0.1) is 0 Å². The Kier molecular flexibility index (Phi) is 14.7. The number of benzene rings is 4. The Morgan fingerprint density at radius 1 is 0.740 bits per heavy atom. The van der Waals surface area contributed by atoms with Gasteiger partial charge in [-0.05, 0) is 114 Å². The molecular weight excluding hydrogens is 838 g/mol. The summed E-state index contributed by atoms with van der Waals surface area (Å²) >= 11 is 26.4. The number of aryl methyl sites for hydroxylation is 1. The minimum absolute atomic E-state index is 0.0154. The second kappa shape index (κ2) is 18.5. The van der Waals surface area contributed by atoms with Crippen molar-refractivity contribution in [1.29, 1.82) is 0 Å². The molecule has 4 aromatic rings. The van der Waals surface area contributed by atoms with Crippen LogP contribution in [-0.4, -0.2) is 24.0 Å². The molecule has 0 fully saturated rings. The molecule has 266 valence electrons. The lowest BCUT2D eigenvalue weighted by Crippen LogP contribution is -2.15. The fourth-order valence-electron chi connectivity index (χ4n) is 4.90. The average molecular weight is 874 g/mol. The van der Waals surface area contributed by atoms with Gasteiger partial charge in [0, 0.05) is 23.2 Å². The second-order valence-corrected chi connectivity index (χ2v) is 14.9. The summed E-state index contributed by atoms with van der Waals surface area (Å²) in [5, 5.41) is 7.46. The van der Waals surface area contributed by atoms with Gasteiger partial charge >= 0.3 is 11.9 Å². The summed E-state index contributed by atoms with van der Waals surface area (Å²) in [5.41, 5.74) is 3.59. The van der Waals surface area contributed by atoms with Crippen LogP contribution in [0.5, 0.6) is 11.5 Å². The van der Waals surface area contributed by atoms with Crippen LogP contribution in [0.1, 0.15) is 56.4 Å². The van der Waals surface area contributed by atoms with Crippen LogP contribution in [0, 0.1) is 5.82 Å². The van der Waals surface area contributed by atoms with E-state index in [0.29, 0.717) is 47.8 Å². The molecule has 0 spiro atoms. The van der Waals surface area contributed by atoms with E-state index >= 15 is 0 Å². The number of esters is 2. The van der Waals surface area contributed by atoms with E-state index in [-0.39, 0.29) is 60.4 Å². The predicted octanol–water partition coefficient (Wildman–Crippen LogP) is 11.4. The van der Waals surface area contributed by atoms with E-state index in [0.717, 1.165) is 11.3 Å². The van der Waals surface area contributed by atoms with E-state index in [2.05, 4.69) is 42.5 Å². The van der Waals surface area contributed by atoms with Crippen molar-refractivity contribution in [3.8, 4) is 11.5 Å². The van der Waals surface area contributed by atoms with E-state index in [1.807, 2.05) is 45.9 Å². The Morgan fingerprint density at radius 2 is 1.28 bits per heavy atom. The first kappa shape index (κ1) is 39.8. The SMILES string of the molecule is CC(C)Nc1cccc(COc2c(Br)cc(CC(=O)OC(=O)CCc3cc(Cl)c(OCc4cccc(NC(C)C)c4Cl)c(Cl)c3)cc2Br)c1F. The van der Waals surface area contributed by atoms with Crippen molar-refractivity contribution in [3.05, 3.63) is 113 Å². The number of hydrogen-bond donors (Lipinski definition) is 2. The van der Waals surface area contributed by atoms with Gasteiger partial charge in [-0.2, -0.15) is 0 Å². The van der Waals surface area contributed by atoms with Gasteiger partial charge in [-0.25, -0.2) is 4.39 Å². The number of hydrogen-bond acceptors (Lipinski definition) is 7. The van der Waals surface area contributed by atoms with Gasteiger partial charge in [-0.3, -0.25) is 9.59 Å². The van der Waals surface area contributed by atoms with Crippen LogP contribution in [0.2, 0.25) is 15.1 Å². The molecule has 0 atom stereocenters. The van der Waals surface area contributed by atoms with Crippen LogP contribution in [-0.2, 0) is 40.4 Å². The molecule has 0 aliphatic heterocycles. The molecule has 0 amide bonds. The Morgan fingerprint density at radius 3 is 1.90 bits per heavy atom. The highest BCUT2D eigenvalue weighted by molar-refractivity contribution is 9.11. The van der Waals surface area contributed by atoms with E-state index in [4.69, 9.17) is 49.0 Å². The second-order valence-electron chi connectivity index (χ2n) is 12.0. The lowest BCUT2D eigenvalue weighted by atomic mass is 10.1. The smallest absolute Gasteiger partial charge is 0.317 e. The number of rotatable bonds is 15. The molecule has 0 radical (unpaired) electrons. The molecule has 0 bridgehead atoms. The summed E-state index contributed by atoms with van der Waals surface area (Å²) in [6.07, 6.45) is 0.000126. The maximum absolute atomic E-state index is 14.9. The van der Waals surface area contributed by atoms with Crippen molar-refractivity contribution < 1.29 is 28.2 Å². The average Bonchev–Trinajstić information content (AvgIpc) is 3.02. The highest BCUT2D eigenvalue weighted by atomic mass is 79.9. The third-order valence-electron chi connectivity index (χ3n) is 7.10. The van der Waals surface area contributed by atoms with Crippen LogP contribution < -0.4 is 20.1 Å². The predicted molar refractivity (Wildman–Crippen MR) is 205 cm³/mol. The van der Waals surface area contributed by atoms with Crippen LogP contribution in [0.3, 0.4) is 0 Å². The molecular formula is C37H36Br2Cl3FN2O5. The van der Waals surface area contributed by atoms with Crippen molar-refractivity contribution in [1.82, 2.24) is 0 Å². The molecule has 2 N–H and O–H groups in total. The van der Waals surface area contributed by atoms with E-state index in [1.165, 1.54) is 0 Å². The fourth-order valence-corrected chi connectivity index (χ4v) is 7.29. The summed E-state index contributed by atoms with van der Waals surface area (Å²) in [4.78, 5) is 25.1. The molecule has 13 heteroatoms. The largest absolute Gasteiger partial charge is 0.486 e. The van der Waals surface area contributed by atoms with Gasteiger partial charge in [0.05, 0.1) is 48.2 Å². The molecule has 0 heterocycles. The molecule has 0 saturated carbocycles. The van der Waals surface area contributed by atoms with Crippen molar-refractivity contribution in [2.45, 2.75) is 72.3 Å². The van der Waals surface area contributed by atoms with E-state index in [9.17, 15) is 14.0 Å². The Bertz CT molecular complexity index is 1810. The molecule has 0 unspecified atom stereocenters. The summed E-state index contributed by atoms with van der Waals surface area (Å²) in [6, 6.07) is 17.7. The van der Waals surface area contributed by atoms with Crippen molar-refractivity contribution in [2.24, 2.45) is 0 Å². The lowest BCUT2D eigenvalue weighted by Gasteiger charge is -2.16. The summed E-state index contributed by atoms with van der Waals surface area (Å²) < 4.78 is 32.9. The normalized spacial score (nSPS) is 11.1. The molecule has 4 rings (SSSR count). The molecule has 4 aromatic carbocycles. The van der Waals surface area contributed by atoms with Crippen molar-refractivity contribution in [3.63, 3.8) is 0 Å². The number of carbonyl (C=O) groups excluding carboxylic acids is 2. The van der Waals surface area contributed by atoms with Crippen LogP contribution in [0.15, 0.2) is 69.6 Å². The van der Waals surface area contributed by atoms with Gasteiger partial charge in [0.2, 0.25) is 0 Å². The Labute approximate surface area is 323 Å². The number of anilines is 2. The highest BCUT2D eigenvalue weighted by Crippen LogP contribution is 2.37. The number of carbonyl (C=O) groups is 2. The number of nitrogens with one attached hydrogen (secondary N) is 2. The molecule has 0 aliphatic rings. The third kappa shape index (κ3) is 11.2. The van der Waals surface area contributed by atoms with E-state index < -0.39 is 11.9 Å². The number of ether oxygens (including phenoxy) is 3. The number of halogens is 6. The van der Waals surface area contributed by atoms with Gasteiger partial charge in [0.15, 0.2) is 11.6 Å². The van der Waals surface area contributed by atoms with Crippen LogP contribution in [0.4, 0.5) is 15.8 Å². The Balaban J connectivity index is 1.29. The maximum atomic E-state index is 14.9.